The van der Waals surface area contributed by atoms with Gasteiger partial charge < -0.3 is 10.1 Å². The van der Waals surface area contributed by atoms with Gasteiger partial charge >= 0.3 is 0 Å². The lowest BCUT2D eigenvalue weighted by Crippen LogP contribution is -2.14. The van der Waals surface area contributed by atoms with Crippen molar-refractivity contribution >= 4 is 49.5 Å². The number of nitriles is 1. The molecule has 0 unspecified atom stereocenters. The van der Waals surface area contributed by atoms with Crippen LogP contribution in [0.1, 0.15) is 16.7 Å². The number of nitrogens with one attached hydrogen (secondary N) is 1. The molecule has 0 aliphatic heterocycles. The van der Waals surface area contributed by atoms with Gasteiger partial charge in [0, 0.05) is 5.69 Å². The first-order valence-electron chi connectivity index (χ1n) is 8.09. The molecular formula is C21H18Br2N2O2. The van der Waals surface area contributed by atoms with Gasteiger partial charge in [-0.1, -0.05) is 24.8 Å². The first kappa shape index (κ1) is 20.9. The SMILES string of the molecule is C=CCOc1c(Br)cc(/C=C(\C#N)C(=O)Nc2cccc(C)c2C)cc1Br. The Morgan fingerprint density at radius 3 is 2.56 bits per heavy atom. The summed E-state index contributed by atoms with van der Waals surface area (Å²) in [6.07, 6.45) is 3.19. The van der Waals surface area contributed by atoms with Crippen LogP contribution in [0.3, 0.4) is 0 Å². The van der Waals surface area contributed by atoms with Crippen LogP contribution in [0.5, 0.6) is 5.75 Å². The monoisotopic (exact) mass is 488 g/mol. The number of aryl methyl sites for hydroxylation is 1. The maximum atomic E-state index is 12.5. The molecule has 0 atom stereocenters. The smallest absolute Gasteiger partial charge is 0.266 e. The van der Waals surface area contributed by atoms with Crippen LogP contribution in [0.25, 0.3) is 6.08 Å². The summed E-state index contributed by atoms with van der Waals surface area (Å²) in [6.45, 7) is 7.89. The van der Waals surface area contributed by atoms with Crippen molar-refractivity contribution in [3.63, 3.8) is 0 Å². The maximum Gasteiger partial charge on any atom is 0.266 e. The summed E-state index contributed by atoms with van der Waals surface area (Å²) in [5, 5.41) is 12.2. The molecule has 2 aromatic rings. The number of amides is 1. The van der Waals surface area contributed by atoms with Gasteiger partial charge in [0.05, 0.1) is 8.95 Å². The van der Waals surface area contributed by atoms with Gasteiger partial charge in [-0.2, -0.15) is 5.26 Å². The molecule has 4 nitrogen and oxygen atoms in total. The molecule has 0 heterocycles. The number of hydrogen-bond donors (Lipinski definition) is 1. The summed E-state index contributed by atoms with van der Waals surface area (Å²) in [5.41, 5.74) is 3.43. The number of rotatable bonds is 6. The third-order valence-corrected chi connectivity index (χ3v) is 5.07. The minimum Gasteiger partial charge on any atom is -0.487 e. The Balaban J connectivity index is 2.30. The Morgan fingerprint density at radius 1 is 1.30 bits per heavy atom. The standard InChI is InChI=1S/C21H18Br2N2O2/c1-4-8-27-20-17(22)10-15(11-18(20)23)9-16(12-24)21(26)25-19-7-5-6-13(2)14(19)3/h4-7,9-11H,1,8H2,2-3H3,(H,25,26)/b16-9+. The van der Waals surface area contributed by atoms with Crippen molar-refractivity contribution in [2.45, 2.75) is 13.8 Å². The molecule has 0 aliphatic rings. The van der Waals surface area contributed by atoms with E-state index in [1.165, 1.54) is 6.08 Å². The van der Waals surface area contributed by atoms with E-state index in [1.807, 2.05) is 38.1 Å². The fourth-order valence-electron chi connectivity index (χ4n) is 2.33. The van der Waals surface area contributed by atoms with Crippen LogP contribution in [0.4, 0.5) is 5.69 Å². The quantitative estimate of drug-likeness (QED) is 0.310. The number of benzene rings is 2. The van der Waals surface area contributed by atoms with Crippen LogP contribution < -0.4 is 10.1 Å². The molecule has 6 heteroatoms. The van der Waals surface area contributed by atoms with Gasteiger partial charge in [-0.3, -0.25) is 4.79 Å². The highest BCUT2D eigenvalue weighted by Gasteiger charge is 2.13. The molecule has 2 rings (SSSR count). The summed E-state index contributed by atoms with van der Waals surface area (Å²) in [4.78, 5) is 12.5. The second-order valence-electron chi connectivity index (χ2n) is 5.78. The topological polar surface area (TPSA) is 62.1 Å². The van der Waals surface area contributed by atoms with Gasteiger partial charge in [0.25, 0.3) is 5.91 Å². The molecule has 27 heavy (non-hydrogen) atoms. The molecule has 2 aromatic carbocycles. The van der Waals surface area contributed by atoms with E-state index < -0.39 is 5.91 Å². The van der Waals surface area contributed by atoms with Gasteiger partial charge in [-0.05, 0) is 86.7 Å². The van der Waals surface area contributed by atoms with Crippen molar-refractivity contribution in [1.29, 1.82) is 5.26 Å². The largest absolute Gasteiger partial charge is 0.487 e. The summed E-state index contributed by atoms with van der Waals surface area (Å²) in [6, 6.07) is 11.2. The predicted molar refractivity (Wildman–Crippen MR) is 116 cm³/mol. The Bertz CT molecular complexity index is 936. The van der Waals surface area contributed by atoms with Crippen molar-refractivity contribution in [1.82, 2.24) is 0 Å². The van der Waals surface area contributed by atoms with Crippen molar-refractivity contribution < 1.29 is 9.53 Å². The molecule has 0 saturated heterocycles. The van der Waals surface area contributed by atoms with Crippen LogP contribution in [0.15, 0.2) is 57.5 Å². The highest BCUT2D eigenvalue weighted by Crippen LogP contribution is 2.35. The van der Waals surface area contributed by atoms with Crippen LogP contribution in [0, 0.1) is 25.2 Å². The van der Waals surface area contributed by atoms with Gasteiger partial charge in [0.1, 0.15) is 24.0 Å². The Hall–Kier alpha value is -2.36. The number of nitrogens with zero attached hydrogens (tertiary/aromatic N) is 1. The third-order valence-electron chi connectivity index (χ3n) is 3.90. The fraction of sp³-hybridized carbons (Fsp3) is 0.143. The molecule has 138 valence electrons. The van der Waals surface area contributed by atoms with Gasteiger partial charge in [0.2, 0.25) is 0 Å². The highest BCUT2D eigenvalue weighted by molar-refractivity contribution is 9.11. The molecule has 0 aromatic heterocycles. The van der Waals surface area contributed by atoms with Crippen LogP contribution in [-0.2, 0) is 4.79 Å². The van der Waals surface area contributed by atoms with E-state index in [-0.39, 0.29) is 5.57 Å². The van der Waals surface area contributed by atoms with Crippen LogP contribution in [-0.4, -0.2) is 12.5 Å². The molecule has 0 aliphatic carbocycles. The van der Waals surface area contributed by atoms with E-state index in [4.69, 9.17) is 4.74 Å². The number of carbonyl (C=O) groups is 1. The zero-order valence-corrected chi connectivity index (χ0v) is 18.1. The van der Waals surface area contributed by atoms with Crippen molar-refractivity contribution in [2.75, 3.05) is 11.9 Å². The Morgan fingerprint density at radius 2 is 1.96 bits per heavy atom. The molecule has 0 saturated carbocycles. The summed E-state index contributed by atoms with van der Waals surface area (Å²) in [7, 11) is 0. The molecular weight excluding hydrogens is 472 g/mol. The molecule has 0 bridgehead atoms. The lowest BCUT2D eigenvalue weighted by molar-refractivity contribution is -0.112. The first-order chi connectivity index (χ1) is 12.9. The van der Waals surface area contributed by atoms with E-state index >= 15 is 0 Å². The van der Waals surface area contributed by atoms with Gasteiger partial charge in [-0.15, -0.1) is 0 Å². The van der Waals surface area contributed by atoms with Crippen molar-refractivity contribution in [2.24, 2.45) is 0 Å². The average molecular weight is 490 g/mol. The summed E-state index contributed by atoms with van der Waals surface area (Å²) < 4.78 is 6.99. The summed E-state index contributed by atoms with van der Waals surface area (Å²) in [5.74, 6) is 0.177. The zero-order chi connectivity index (χ0) is 20.0. The van der Waals surface area contributed by atoms with Crippen LogP contribution >= 0.6 is 31.9 Å². The van der Waals surface area contributed by atoms with Gasteiger partial charge in [0.15, 0.2) is 0 Å². The summed E-state index contributed by atoms with van der Waals surface area (Å²) >= 11 is 6.89. The zero-order valence-electron chi connectivity index (χ0n) is 15.0. The molecule has 1 amide bonds. The van der Waals surface area contributed by atoms with E-state index in [0.29, 0.717) is 32.6 Å². The molecule has 1 N–H and O–H groups in total. The van der Waals surface area contributed by atoms with Gasteiger partial charge in [-0.25, -0.2) is 0 Å². The highest BCUT2D eigenvalue weighted by atomic mass is 79.9. The van der Waals surface area contributed by atoms with E-state index in [9.17, 15) is 10.1 Å². The fourth-order valence-corrected chi connectivity index (χ4v) is 3.79. The normalized spacial score (nSPS) is 10.9. The van der Waals surface area contributed by atoms with Crippen LogP contribution in [0.2, 0.25) is 0 Å². The lowest BCUT2D eigenvalue weighted by atomic mass is 10.1. The Kier molecular flexibility index (Phi) is 7.40. The predicted octanol–water partition coefficient (Wildman–Crippen LogP) is 5.94. The Labute approximate surface area is 175 Å². The van der Waals surface area contributed by atoms with E-state index in [1.54, 1.807) is 18.2 Å². The first-order valence-corrected chi connectivity index (χ1v) is 9.68. The number of anilines is 1. The number of hydrogen-bond acceptors (Lipinski definition) is 3. The molecule has 0 spiro atoms. The minimum atomic E-state index is -0.453. The minimum absolute atomic E-state index is 0.00876. The average Bonchev–Trinajstić information content (AvgIpc) is 2.62. The number of ether oxygens (including phenoxy) is 1. The van der Waals surface area contributed by atoms with Crippen molar-refractivity contribution in [3.05, 3.63) is 74.2 Å². The third kappa shape index (κ3) is 5.31. The second-order valence-corrected chi connectivity index (χ2v) is 7.49. The second kappa shape index (κ2) is 9.54. The molecule has 0 radical (unpaired) electrons. The van der Waals surface area contributed by atoms with E-state index in [0.717, 1.165) is 11.1 Å². The molecule has 0 fully saturated rings. The number of carbonyl (C=O) groups excluding carboxylic acids is 1. The lowest BCUT2D eigenvalue weighted by Gasteiger charge is -2.11. The van der Waals surface area contributed by atoms with Crippen molar-refractivity contribution in [3.8, 4) is 11.8 Å². The maximum absolute atomic E-state index is 12.5. The van der Waals surface area contributed by atoms with E-state index in [2.05, 4.69) is 43.8 Å². The number of halogens is 2.